The SMILES string of the molecule is CCC(CC(F)(F)F)(CC(F)(F)F)NC(C)(C)C. The van der Waals surface area contributed by atoms with Crippen molar-refractivity contribution in [3.05, 3.63) is 0 Å². The monoisotopic (exact) mass is 279 g/mol. The van der Waals surface area contributed by atoms with Gasteiger partial charge in [0, 0.05) is 11.1 Å². The highest BCUT2D eigenvalue weighted by molar-refractivity contribution is 4.95. The van der Waals surface area contributed by atoms with Crippen LogP contribution in [-0.2, 0) is 0 Å². The third-order valence-electron chi connectivity index (χ3n) is 2.39. The van der Waals surface area contributed by atoms with Crippen LogP contribution >= 0.6 is 0 Å². The van der Waals surface area contributed by atoms with E-state index in [-0.39, 0.29) is 6.42 Å². The highest BCUT2D eigenvalue weighted by Crippen LogP contribution is 2.38. The highest BCUT2D eigenvalue weighted by atomic mass is 19.4. The van der Waals surface area contributed by atoms with Gasteiger partial charge in [0.15, 0.2) is 0 Å². The van der Waals surface area contributed by atoms with Gasteiger partial charge in [-0.05, 0) is 27.2 Å². The fourth-order valence-corrected chi connectivity index (χ4v) is 2.05. The van der Waals surface area contributed by atoms with Crippen LogP contribution in [0.5, 0.6) is 0 Å². The maximum atomic E-state index is 12.5. The van der Waals surface area contributed by atoms with Gasteiger partial charge in [0.1, 0.15) is 0 Å². The smallest absolute Gasteiger partial charge is 0.306 e. The average molecular weight is 279 g/mol. The van der Waals surface area contributed by atoms with Gasteiger partial charge in [-0.1, -0.05) is 6.92 Å². The molecule has 0 saturated heterocycles. The van der Waals surface area contributed by atoms with E-state index in [1.807, 2.05) is 0 Å². The molecule has 1 N–H and O–H groups in total. The molecule has 0 atom stereocenters. The van der Waals surface area contributed by atoms with Gasteiger partial charge in [0.05, 0.1) is 12.8 Å². The van der Waals surface area contributed by atoms with Crippen LogP contribution in [0.1, 0.15) is 47.0 Å². The molecule has 0 rings (SSSR count). The van der Waals surface area contributed by atoms with E-state index in [0.29, 0.717) is 0 Å². The lowest BCUT2D eigenvalue weighted by Crippen LogP contribution is -2.57. The summed E-state index contributed by atoms with van der Waals surface area (Å²) in [7, 11) is 0. The fourth-order valence-electron chi connectivity index (χ4n) is 2.05. The molecule has 0 heterocycles. The van der Waals surface area contributed by atoms with E-state index in [1.165, 1.54) is 6.92 Å². The molecule has 0 aromatic carbocycles. The molecule has 0 aliphatic heterocycles. The van der Waals surface area contributed by atoms with Crippen molar-refractivity contribution in [1.29, 1.82) is 0 Å². The average Bonchev–Trinajstić information content (AvgIpc) is 1.93. The quantitative estimate of drug-likeness (QED) is 0.751. The summed E-state index contributed by atoms with van der Waals surface area (Å²) < 4.78 is 74.9. The van der Waals surface area contributed by atoms with Gasteiger partial charge in [-0.3, -0.25) is 0 Å². The molecule has 110 valence electrons. The molecule has 1 nitrogen and oxygen atoms in total. The van der Waals surface area contributed by atoms with Gasteiger partial charge >= 0.3 is 12.4 Å². The van der Waals surface area contributed by atoms with Crippen LogP contribution < -0.4 is 5.32 Å². The Labute approximate surface area is 103 Å². The molecule has 18 heavy (non-hydrogen) atoms. The predicted octanol–water partition coefficient (Wildman–Crippen LogP) is 4.43. The number of hydrogen-bond donors (Lipinski definition) is 1. The molecular formula is C11H19F6N. The van der Waals surface area contributed by atoms with Gasteiger partial charge in [0.25, 0.3) is 0 Å². The fraction of sp³-hybridized carbons (Fsp3) is 1.00. The molecule has 0 fully saturated rings. The first-order chi connectivity index (χ1) is 7.68. The summed E-state index contributed by atoms with van der Waals surface area (Å²) in [6, 6.07) is 0. The predicted molar refractivity (Wildman–Crippen MR) is 57.3 cm³/mol. The second-order valence-electron chi connectivity index (χ2n) is 5.59. The molecule has 0 saturated carbocycles. The normalized spacial score (nSPS) is 15.0. The van der Waals surface area contributed by atoms with Crippen molar-refractivity contribution in [3.63, 3.8) is 0 Å². The van der Waals surface area contributed by atoms with Crippen molar-refractivity contribution in [3.8, 4) is 0 Å². The van der Waals surface area contributed by atoms with Crippen molar-refractivity contribution in [2.45, 2.75) is 70.4 Å². The Morgan fingerprint density at radius 1 is 0.778 bits per heavy atom. The summed E-state index contributed by atoms with van der Waals surface area (Å²) in [5, 5.41) is 2.49. The highest BCUT2D eigenvalue weighted by Gasteiger charge is 2.49. The van der Waals surface area contributed by atoms with Gasteiger partial charge in [0.2, 0.25) is 0 Å². The number of alkyl halides is 6. The standard InChI is InChI=1S/C11H19F6N/c1-5-9(6-10(12,13)14,7-11(15,16)17)18-8(2,3)4/h18H,5-7H2,1-4H3. The van der Waals surface area contributed by atoms with Gasteiger partial charge in [-0.2, -0.15) is 26.3 Å². The summed E-state index contributed by atoms with van der Waals surface area (Å²) in [5.74, 6) is 0. The van der Waals surface area contributed by atoms with Crippen molar-refractivity contribution < 1.29 is 26.3 Å². The number of hydrogen-bond acceptors (Lipinski definition) is 1. The molecule has 0 amide bonds. The Morgan fingerprint density at radius 2 is 1.11 bits per heavy atom. The van der Waals surface area contributed by atoms with Crippen LogP contribution in [0.25, 0.3) is 0 Å². The molecule has 0 aliphatic carbocycles. The molecule has 0 spiro atoms. The van der Waals surface area contributed by atoms with E-state index < -0.39 is 36.3 Å². The number of rotatable bonds is 4. The Kier molecular flexibility index (Phi) is 5.13. The zero-order valence-corrected chi connectivity index (χ0v) is 10.9. The Balaban J connectivity index is 5.20. The summed E-state index contributed by atoms with van der Waals surface area (Å²) in [4.78, 5) is 0. The Hall–Kier alpha value is -0.460. The van der Waals surface area contributed by atoms with Gasteiger partial charge < -0.3 is 5.32 Å². The molecule has 0 unspecified atom stereocenters. The minimum atomic E-state index is -4.64. The summed E-state index contributed by atoms with van der Waals surface area (Å²) in [5.41, 5.74) is -2.83. The summed E-state index contributed by atoms with van der Waals surface area (Å²) in [6.45, 7) is 5.97. The maximum Gasteiger partial charge on any atom is 0.390 e. The first-order valence-corrected chi connectivity index (χ1v) is 5.61. The first-order valence-electron chi connectivity index (χ1n) is 5.61. The molecule has 7 heteroatoms. The number of nitrogens with one attached hydrogen (secondary N) is 1. The van der Waals surface area contributed by atoms with Crippen molar-refractivity contribution in [2.75, 3.05) is 0 Å². The van der Waals surface area contributed by atoms with Gasteiger partial charge in [-0.15, -0.1) is 0 Å². The molecule has 0 radical (unpaired) electrons. The van der Waals surface area contributed by atoms with E-state index in [2.05, 4.69) is 5.32 Å². The lowest BCUT2D eigenvalue weighted by molar-refractivity contribution is -0.185. The summed E-state index contributed by atoms with van der Waals surface area (Å²) >= 11 is 0. The zero-order chi connectivity index (χ0) is 14.8. The van der Waals surface area contributed by atoms with Crippen LogP contribution in [-0.4, -0.2) is 23.4 Å². The van der Waals surface area contributed by atoms with Crippen LogP contribution in [0, 0.1) is 0 Å². The van der Waals surface area contributed by atoms with Crippen LogP contribution in [0.15, 0.2) is 0 Å². The number of halogens is 6. The lowest BCUT2D eigenvalue weighted by Gasteiger charge is -2.41. The molecule has 0 aliphatic rings. The van der Waals surface area contributed by atoms with Crippen LogP contribution in [0.3, 0.4) is 0 Å². The maximum absolute atomic E-state index is 12.5. The Morgan fingerprint density at radius 3 is 1.28 bits per heavy atom. The second-order valence-corrected chi connectivity index (χ2v) is 5.59. The second kappa shape index (κ2) is 5.27. The minimum absolute atomic E-state index is 0.247. The van der Waals surface area contributed by atoms with Crippen molar-refractivity contribution in [1.82, 2.24) is 5.32 Å². The van der Waals surface area contributed by atoms with Gasteiger partial charge in [-0.25, -0.2) is 0 Å². The van der Waals surface area contributed by atoms with E-state index in [4.69, 9.17) is 0 Å². The summed E-state index contributed by atoms with van der Waals surface area (Å²) in [6.07, 6.45) is -12.5. The van der Waals surface area contributed by atoms with Crippen LogP contribution in [0.2, 0.25) is 0 Å². The molecular weight excluding hydrogens is 260 g/mol. The first kappa shape index (κ1) is 17.5. The topological polar surface area (TPSA) is 12.0 Å². The largest absolute Gasteiger partial charge is 0.390 e. The molecule has 0 bridgehead atoms. The van der Waals surface area contributed by atoms with Crippen molar-refractivity contribution >= 4 is 0 Å². The van der Waals surface area contributed by atoms with E-state index in [9.17, 15) is 26.3 Å². The van der Waals surface area contributed by atoms with E-state index in [1.54, 1.807) is 20.8 Å². The third kappa shape index (κ3) is 7.79. The van der Waals surface area contributed by atoms with Crippen LogP contribution in [0.4, 0.5) is 26.3 Å². The Bertz CT molecular complexity index is 219. The zero-order valence-electron chi connectivity index (χ0n) is 10.9. The molecule has 0 aromatic rings. The molecule has 0 aromatic heterocycles. The van der Waals surface area contributed by atoms with Crippen molar-refractivity contribution in [2.24, 2.45) is 0 Å². The van der Waals surface area contributed by atoms with E-state index >= 15 is 0 Å². The van der Waals surface area contributed by atoms with E-state index in [0.717, 1.165) is 0 Å². The minimum Gasteiger partial charge on any atom is -0.306 e. The lowest BCUT2D eigenvalue weighted by atomic mass is 9.85. The third-order valence-corrected chi connectivity index (χ3v) is 2.39.